The van der Waals surface area contributed by atoms with Crippen molar-refractivity contribution in [2.75, 3.05) is 6.61 Å². The maximum absolute atomic E-state index is 5.60. The fourth-order valence-electron chi connectivity index (χ4n) is 1.13. The van der Waals surface area contributed by atoms with Crippen LogP contribution in [0.5, 0.6) is 5.88 Å². The number of nitrogens with two attached hydrogens (primary N) is 1. The SMILES string of the molecule is CCOc1nnc(C)c(C)c1CN. The molecule has 0 radical (unpaired) electrons. The van der Waals surface area contributed by atoms with Gasteiger partial charge in [-0.15, -0.1) is 5.10 Å². The summed E-state index contributed by atoms with van der Waals surface area (Å²) < 4.78 is 5.31. The average Bonchev–Trinajstić information content (AvgIpc) is 2.12. The lowest BCUT2D eigenvalue weighted by molar-refractivity contribution is 0.318. The van der Waals surface area contributed by atoms with E-state index in [0.29, 0.717) is 19.0 Å². The highest BCUT2D eigenvalue weighted by Gasteiger charge is 2.09. The van der Waals surface area contributed by atoms with E-state index in [-0.39, 0.29) is 0 Å². The van der Waals surface area contributed by atoms with Crippen LogP contribution in [0.2, 0.25) is 0 Å². The van der Waals surface area contributed by atoms with Gasteiger partial charge >= 0.3 is 0 Å². The highest BCUT2D eigenvalue weighted by Crippen LogP contribution is 2.19. The van der Waals surface area contributed by atoms with E-state index < -0.39 is 0 Å². The summed E-state index contributed by atoms with van der Waals surface area (Å²) in [5.41, 5.74) is 8.53. The number of ether oxygens (including phenoxy) is 1. The second kappa shape index (κ2) is 4.18. The van der Waals surface area contributed by atoms with Crippen LogP contribution in [0.15, 0.2) is 0 Å². The molecule has 1 heterocycles. The molecule has 72 valence electrons. The van der Waals surface area contributed by atoms with Crippen LogP contribution in [0.1, 0.15) is 23.7 Å². The smallest absolute Gasteiger partial charge is 0.238 e. The molecule has 0 atom stereocenters. The molecule has 0 aromatic carbocycles. The van der Waals surface area contributed by atoms with Crippen molar-refractivity contribution in [1.82, 2.24) is 10.2 Å². The fraction of sp³-hybridized carbons (Fsp3) is 0.556. The highest BCUT2D eigenvalue weighted by atomic mass is 16.5. The van der Waals surface area contributed by atoms with Crippen molar-refractivity contribution in [3.63, 3.8) is 0 Å². The topological polar surface area (TPSA) is 61.0 Å². The minimum absolute atomic E-state index is 0.442. The number of hydrogen-bond donors (Lipinski definition) is 1. The summed E-state index contributed by atoms with van der Waals surface area (Å²) in [5.74, 6) is 0.563. The van der Waals surface area contributed by atoms with Crippen LogP contribution in [0.3, 0.4) is 0 Å². The van der Waals surface area contributed by atoms with Crippen molar-refractivity contribution in [1.29, 1.82) is 0 Å². The summed E-state index contributed by atoms with van der Waals surface area (Å²) in [5, 5.41) is 7.92. The lowest BCUT2D eigenvalue weighted by atomic mass is 10.1. The van der Waals surface area contributed by atoms with Crippen molar-refractivity contribution >= 4 is 0 Å². The van der Waals surface area contributed by atoms with Gasteiger partial charge in [0.15, 0.2) is 0 Å². The Bertz CT molecular complexity index is 299. The molecular weight excluding hydrogens is 166 g/mol. The van der Waals surface area contributed by atoms with E-state index >= 15 is 0 Å². The Morgan fingerprint density at radius 1 is 1.31 bits per heavy atom. The molecule has 1 rings (SSSR count). The Balaban J connectivity index is 3.13. The standard InChI is InChI=1S/C9H15N3O/c1-4-13-9-8(5-10)6(2)7(3)11-12-9/h4-5,10H2,1-3H3. The molecule has 1 aromatic rings. The summed E-state index contributed by atoms with van der Waals surface area (Å²) >= 11 is 0. The maximum Gasteiger partial charge on any atom is 0.238 e. The van der Waals surface area contributed by atoms with Crippen LogP contribution in [-0.4, -0.2) is 16.8 Å². The van der Waals surface area contributed by atoms with Crippen LogP contribution in [0.25, 0.3) is 0 Å². The van der Waals surface area contributed by atoms with E-state index in [1.807, 2.05) is 20.8 Å². The van der Waals surface area contributed by atoms with Gasteiger partial charge < -0.3 is 10.5 Å². The predicted molar refractivity (Wildman–Crippen MR) is 50.6 cm³/mol. The second-order valence-corrected chi connectivity index (χ2v) is 2.83. The zero-order chi connectivity index (χ0) is 9.84. The predicted octanol–water partition coefficient (Wildman–Crippen LogP) is 0.951. The van der Waals surface area contributed by atoms with Crippen molar-refractivity contribution in [2.45, 2.75) is 27.3 Å². The van der Waals surface area contributed by atoms with Gasteiger partial charge in [-0.1, -0.05) is 0 Å². The first-order chi connectivity index (χ1) is 6.20. The lowest BCUT2D eigenvalue weighted by Gasteiger charge is -2.10. The molecule has 4 nitrogen and oxygen atoms in total. The van der Waals surface area contributed by atoms with Crippen LogP contribution in [0.4, 0.5) is 0 Å². The van der Waals surface area contributed by atoms with E-state index in [0.717, 1.165) is 16.8 Å². The highest BCUT2D eigenvalue weighted by molar-refractivity contribution is 5.34. The first-order valence-electron chi connectivity index (χ1n) is 4.36. The van der Waals surface area contributed by atoms with E-state index in [1.165, 1.54) is 0 Å². The van der Waals surface area contributed by atoms with Gasteiger partial charge in [-0.3, -0.25) is 0 Å². The van der Waals surface area contributed by atoms with Crippen molar-refractivity contribution in [2.24, 2.45) is 5.73 Å². The van der Waals surface area contributed by atoms with Crippen LogP contribution >= 0.6 is 0 Å². The number of nitrogens with zero attached hydrogens (tertiary/aromatic N) is 2. The van der Waals surface area contributed by atoms with Gasteiger partial charge in [-0.25, -0.2) is 0 Å². The Hall–Kier alpha value is -1.16. The number of rotatable bonds is 3. The van der Waals surface area contributed by atoms with Gasteiger partial charge in [-0.05, 0) is 26.3 Å². The summed E-state index contributed by atoms with van der Waals surface area (Å²) in [6.45, 7) is 6.84. The Morgan fingerprint density at radius 3 is 2.54 bits per heavy atom. The summed E-state index contributed by atoms with van der Waals surface area (Å²) in [6.07, 6.45) is 0. The lowest BCUT2D eigenvalue weighted by Crippen LogP contribution is -2.09. The summed E-state index contributed by atoms with van der Waals surface area (Å²) in [4.78, 5) is 0. The Kier molecular flexibility index (Phi) is 3.19. The Morgan fingerprint density at radius 2 is 2.00 bits per heavy atom. The molecule has 0 bridgehead atoms. The van der Waals surface area contributed by atoms with Crippen molar-refractivity contribution < 1.29 is 4.74 Å². The molecule has 0 fully saturated rings. The number of hydrogen-bond acceptors (Lipinski definition) is 4. The zero-order valence-corrected chi connectivity index (χ0v) is 8.29. The molecule has 0 aliphatic carbocycles. The number of aromatic nitrogens is 2. The molecule has 0 aliphatic heterocycles. The second-order valence-electron chi connectivity index (χ2n) is 2.83. The fourth-order valence-corrected chi connectivity index (χ4v) is 1.13. The van der Waals surface area contributed by atoms with Gasteiger partial charge in [0.25, 0.3) is 0 Å². The third-order valence-electron chi connectivity index (χ3n) is 2.03. The third kappa shape index (κ3) is 1.95. The van der Waals surface area contributed by atoms with E-state index in [4.69, 9.17) is 10.5 Å². The molecule has 0 unspecified atom stereocenters. The van der Waals surface area contributed by atoms with E-state index in [9.17, 15) is 0 Å². The normalized spacial score (nSPS) is 10.2. The molecule has 0 spiro atoms. The first kappa shape index (κ1) is 9.92. The minimum Gasteiger partial charge on any atom is -0.477 e. The largest absolute Gasteiger partial charge is 0.477 e. The molecule has 0 aliphatic rings. The maximum atomic E-state index is 5.60. The monoisotopic (exact) mass is 181 g/mol. The average molecular weight is 181 g/mol. The van der Waals surface area contributed by atoms with Gasteiger partial charge in [0, 0.05) is 12.1 Å². The molecular formula is C9H15N3O. The van der Waals surface area contributed by atoms with E-state index in [2.05, 4.69) is 10.2 Å². The molecule has 13 heavy (non-hydrogen) atoms. The summed E-state index contributed by atoms with van der Waals surface area (Å²) in [6, 6.07) is 0. The molecule has 1 aromatic heterocycles. The first-order valence-corrected chi connectivity index (χ1v) is 4.36. The van der Waals surface area contributed by atoms with Gasteiger partial charge in [0.1, 0.15) is 0 Å². The van der Waals surface area contributed by atoms with Gasteiger partial charge in [0.05, 0.1) is 12.3 Å². The minimum atomic E-state index is 0.442. The summed E-state index contributed by atoms with van der Waals surface area (Å²) in [7, 11) is 0. The van der Waals surface area contributed by atoms with Crippen LogP contribution < -0.4 is 10.5 Å². The number of aryl methyl sites for hydroxylation is 1. The van der Waals surface area contributed by atoms with Gasteiger partial charge in [0.2, 0.25) is 5.88 Å². The van der Waals surface area contributed by atoms with Crippen LogP contribution in [-0.2, 0) is 6.54 Å². The zero-order valence-electron chi connectivity index (χ0n) is 8.29. The molecule has 0 saturated carbocycles. The molecule has 0 amide bonds. The quantitative estimate of drug-likeness (QED) is 0.754. The molecule has 4 heteroatoms. The van der Waals surface area contributed by atoms with Crippen molar-refractivity contribution in [3.05, 3.63) is 16.8 Å². The van der Waals surface area contributed by atoms with E-state index in [1.54, 1.807) is 0 Å². The third-order valence-corrected chi connectivity index (χ3v) is 2.03. The van der Waals surface area contributed by atoms with Crippen molar-refractivity contribution in [3.8, 4) is 5.88 Å². The molecule has 2 N–H and O–H groups in total. The molecule has 0 saturated heterocycles. The van der Waals surface area contributed by atoms with Crippen LogP contribution in [0, 0.1) is 13.8 Å². The van der Waals surface area contributed by atoms with Gasteiger partial charge in [-0.2, -0.15) is 5.10 Å². The Labute approximate surface area is 78.1 Å².